The highest BCUT2D eigenvalue weighted by Gasteiger charge is 2.16. The number of hydrogen-bond donors (Lipinski definition) is 3. The van der Waals surface area contributed by atoms with Crippen molar-refractivity contribution in [1.82, 2.24) is 15.0 Å². The molecule has 0 atom stereocenters. The van der Waals surface area contributed by atoms with Gasteiger partial charge in [-0.15, -0.1) is 0 Å². The lowest BCUT2D eigenvalue weighted by Gasteiger charge is -2.15. The Balaban J connectivity index is 1.75. The number of nitrogen functional groups attached to an aromatic ring is 1. The molecule has 5 heteroatoms. The summed E-state index contributed by atoms with van der Waals surface area (Å²) in [6.45, 7) is 6.61. The van der Waals surface area contributed by atoms with E-state index in [4.69, 9.17) is 5.73 Å². The Morgan fingerprint density at radius 3 is 2.64 bits per heavy atom. The second kappa shape index (κ2) is 5.48. The van der Waals surface area contributed by atoms with E-state index in [1.807, 2.05) is 24.3 Å². The Labute approximate surface area is 146 Å². The summed E-state index contributed by atoms with van der Waals surface area (Å²) >= 11 is 0. The zero-order valence-electron chi connectivity index (χ0n) is 14.6. The topological polar surface area (TPSA) is 79.6 Å². The van der Waals surface area contributed by atoms with Gasteiger partial charge in [-0.3, -0.25) is 0 Å². The van der Waals surface area contributed by atoms with Gasteiger partial charge in [0, 0.05) is 38.8 Å². The maximum Gasteiger partial charge on any atom is 0.141 e. The fourth-order valence-corrected chi connectivity index (χ4v) is 2.92. The van der Waals surface area contributed by atoms with Crippen LogP contribution in [0, 0.1) is 0 Å². The van der Waals surface area contributed by atoms with Crippen molar-refractivity contribution in [3.05, 3.63) is 54.5 Å². The van der Waals surface area contributed by atoms with Crippen LogP contribution >= 0.6 is 0 Å². The summed E-state index contributed by atoms with van der Waals surface area (Å²) < 4.78 is 0. The third-order valence-electron chi connectivity index (χ3n) is 4.35. The number of aromatic amines is 1. The van der Waals surface area contributed by atoms with Gasteiger partial charge in [-0.05, 0) is 42.5 Å². The highest BCUT2D eigenvalue weighted by atomic mass is 15.0. The monoisotopic (exact) mass is 331 g/mol. The van der Waals surface area contributed by atoms with Crippen molar-refractivity contribution in [1.29, 1.82) is 0 Å². The average molecular weight is 331 g/mol. The number of benzene rings is 2. The molecular weight excluding hydrogens is 310 g/mol. The van der Waals surface area contributed by atoms with Gasteiger partial charge in [0.2, 0.25) is 0 Å². The van der Waals surface area contributed by atoms with Gasteiger partial charge in [0.1, 0.15) is 12.1 Å². The lowest BCUT2D eigenvalue weighted by atomic mass is 9.92. The molecule has 0 saturated carbocycles. The summed E-state index contributed by atoms with van der Waals surface area (Å²) in [5.41, 5.74) is 10.9. The quantitative estimate of drug-likeness (QED) is 0.464. The minimum atomic E-state index is 0.0903. The molecule has 0 spiro atoms. The largest absolute Gasteiger partial charge is 0.399 e. The van der Waals surface area contributed by atoms with E-state index >= 15 is 0 Å². The summed E-state index contributed by atoms with van der Waals surface area (Å²) in [5, 5.41) is 5.48. The van der Waals surface area contributed by atoms with Crippen LogP contribution in [-0.4, -0.2) is 15.0 Å². The van der Waals surface area contributed by atoms with Crippen LogP contribution in [0.2, 0.25) is 0 Å². The van der Waals surface area contributed by atoms with Crippen LogP contribution in [0.4, 0.5) is 17.2 Å². The van der Waals surface area contributed by atoms with Crippen molar-refractivity contribution in [3.8, 4) is 0 Å². The molecule has 0 radical (unpaired) electrons. The molecule has 0 aliphatic carbocycles. The fourth-order valence-electron chi connectivity index (χ4n) is 2.92. The first-order valence-electron chi connectivity index (χ1n) is 8.31. The van der Waals surface area contributed by atoms with E-state index in [1.54, 1.807) is 6.33 Å². The molecule has 4 rings (SSSR count). The Morgan fingerprint density at radius 1 is 1.00 bits per heavy atom. The number of rotatable bonds is 2. The minimum absolute atomic E-state index is 0.0903. The van der Waals surface area contributed by atoms with Crippen molar-refractivity contribution in [2.45, 2.75) is 26.2 Å². The molecule has 0 unspecified atom stereocenters. The zero-order valence-corrected chi connectivity index (χ0v) is 14.6. The van der Waals surface area contributed by atoms with Crippen LogP contribution < -0.4 is 11.1 Å². The van der Waals surface area contributed by atoms with Gasteiger partial charge in [-0.2, -0.15) is 0 Å². The second-order valence-electron chi connectivity index (χ2n) is 7.36. The maximum absolute atomic E-state index is 5.92. The molecule has 0 saturated heterocycles. The van der Waals surface area contributed by atoms with Gasteiger partial charge in [0.15, 0.2) is 0 Å². The summed E-state index contributed by atoms with van der Waals surface area (Å²) in [4.78, 5) is 12.2. The van der Waals surface area contributed by atoms with Crippen LogP contribution in [0.25, 0.3) is 21.8 Å². The summed E-state index contributed by atoms with van der Waals surface area (Å²) in [6, 6.07) is 14.1. The lowest BCUT2D eigenvalue weighted by Crippen LogP contribution is -2.10. The van der Waals surface area contributed by atoms with E-state index in [0.717, 1.165) is 27.9 Å². The molecule has 4 aromatic rings. The van der Waals surface area contributed by atoms with Crippen LogP contribution in [0.1, 0.15) is 26.5 Å². The van der Waals surface area contributed by atoms with Crippen molar-refractivity contribution in [3.63, 3.8) is 0 Å². The molecule has 4 N–H and O–H groups in total. The standard InChI is InChI=1S/C20H21N5/c1-20(2,3)18-9-12-8-14(5-7-16(12)25-18)24-19-15-10-13(21)4-6-17(15)22-11-23-19/h4-11,25H,21H2,1-3H3,(H,22,23,24). The van der Waals surface area contributed by atoms with Gasteiger partial charge in [0.25, 0.3) is 0 Å². The molecule has 2 aromatic carbocycles. The third-order valence-corrected chi connectivity index (χ3v) is 4.35. The van der Waals surface area contributed by atoms with Crippen molar-refractivity contribution in [2.24, 2.45) is 0 Å². The fraction of sp³-hybridized carbons (Fsp3) is 0.200. The highest BCUT2D eigenvalue weighted by molar-refractivity contribution is 5.93. The Morgan fingerprint density at radius 2 is 1.84 bits per heavy atom. The van der Waals surface area contributed by atoms with E-state index in [1.165, 1.54) is 11.1 Å². The van der Waals surface area contributed by atoms with E-state index in [9.17, 15) is 0 Å². The predicted molar refractivity (Wildman–Crippen MR) is 104 cm³/mol. The molecule has 0 aliphatic heterocycles. The predicted octanol–water partition coefficient (Wildman–Crippen LogP) is 4.73. The van der Waals surface area contributed by atoms with Crippen LogP contribution in [0.15, 0.2) is 48.8 Å². The normalized spacial score (nSPS) is 12.0. The molecule has 0 bridgehead atoms. The number of fused-ring (bicyclic) bond motifs is 2. The number of anilines is 3. The van der Waals surface area contributed by atoms with Crippen molar-refractivity contribution < 1.29 is 0 Å². The minimum Gasteiger partial charge on any atom is -0.399 e. The van der Waals surface area contributed by atoms with Gasteiger partial charge >= 0.3 is 0 Å². The van der Waals surface area contributed by atoms with E-state index in [-0.39, 0.29) is 5.41 Å². The van der Waals surface area contributed by atoms with E-state index in [0.29, 0.717) is 5.69 Å². The number of aromatic nitrogens is 3. The molecule has 2 aromatic heterocycles. The van der Waals surface area contributed by atoms with E-state index < -0.39 is 0 Å². The Bertz CT molecular complexity index is 1070. The number of nitrogens with two attached hydrogens (primary N) is 1. The highest BCUT2D eigenvalue weighted by Crippen LogP contribution is 2.29. The maximum atomic E-state index is 5.92. The summed E-state index contributed by atoms with van der Waals surface area (Å²) in [6.07, 6.45) is 1.56. The first-order valence-corrected chi connectivity index (χ1v) is 8.31. The molecule has 0 aliphatic rings. The molecule has 126 valence electrons. The Kier molecular flexibility index (Phi) is 3.39. The summed E-state index contributed by atoms with van der Waals surface area (Å²) in [5.74, 6) is 0.753. The average Bonchev–Trinajstić information content (AvgIpc) is 2.99. The third kappa shape index (κ3) is 2.89. The number of nitrogens with zero attached hydrogens (tertiary/aromatic N) is 2. The molecule has 25 heavy (non-hydrogen) atoms. The van der Waals surface area contributed by atoms with Crippen LogP contribution in [-0.2, 0) is 5.41 Å². The van der Waals surface area contributed by atoms with Crippen molar-refractivity contribution in [2.75, 3.05) is 11.1 Å². The Hall–Kier alpha value is -3.08. The number of nitrogens with one attached hydrogen (secondary N) is 2. The zero-order chi connectivity index (χ0) is 17.6. The van der Waals surface area contributed by atoms with E-state index in [2.05, 4.69) is 59.2 Å². The van der Waals surface area contributed by atoms with Crippen LogP contribution in [0.5, 0.6) is 0 Å². The number of H-pyrrole nitrogens is 1. The van der Waals surface area contributed by atoms with Gasteiger partial charge in [0.05, 0.1) is 5.52 Å². The second-order valence-corrected chi connectivity index (χ2v) is 7.36. The molecular formula is C20H21N5. The van der Waals surface area contributed by atoms with Gasteiger partial charge in [-0.25, -0.2) is 9.97 Å². The van der Waals surface area contributed by atoms with Gasteiger partial charge in [-0.1, -0.05) is 20.8 Å². The molecule has 2 heterocycles. The molecule has 5 nitrogen and oxygen atoms in total. The first kappa shape index (κ1) is 15.4. The SMILES string of the molecule is CC(C)(C)c1cc2cc(Nc3ncnc4ccc(N)cc34)ccc2[nH]1. The lowest BCUT2D eigenvalue weighted by molar-refractivity contribution is 0.574. The van der Waals surface area contributed by atoms with Gasteiger partial charge < -0.3 is 16.0 Å². The van der Waals surface area contributed by atoms with Crippen molar-refractivity contribution >= 4 is 39.0 Å². The summed E-state index contributed by atoms with van der Waals surface area (Å²) in [7, 11) is 0. The first-order chi connectivity index (χ1) is 11.9. The molecule has 0 amide bonds. The molecule has 0 fully saturated rings. The smallest absolute Gasteiger partial charge is 0.141 e. The number of hydrogen-bond acceptors (Lipinski definition) is 4. The van der Waals surface area contributed by atoms with Crippen LogP contribution in [0.3, 0.4) is 0 Å².